The molecule has 0 aromatic heterocycles. The second kappa shape index (κ2) is 5.85. The fraction of sp³-hybridized carbons (Fsp3) is 0.647. The van der Waals surface area contributed by atoms with Gasteiger partial charge >= 0.3 is 0 Å². The first kappa shape index (κ1) is 14.7. The first-order valence-corrected chi connectivity index (χ1v) is 7.87. The minimum Gasteiger partial charge on any atom is -0.486 e. The quantitative estimate of drug-likeness (QED) is 0.923. The van der Waals surface area contributed by atoms with Crippen molar-refractivity contribution in [2.45, 2.75) is 26.3 Å². The van der Waals surface area contributed by atoms with Crippen LogP contribution in [0, 0.1) is 5.41 Å². The fourth-order valence-corrected chi connectivity index (χ4v) is 3.28. The van der Waals surface area contributed by atoms with Crippen LogP contribution in [0.1, 0.15) is 31.9 Å². The Balaban J connectivity index is 1.71. The summed E-state index contributed by atoms with van der Waals surface area (Å²) in [5.41, 5.74) is 1.72. The van der Waals surface area contributed by atoms with Crippen LogP contribution < -0.4 is 14.8 Å². The van der Waals surface area contributed by atoms with Crippen molar-refractivity contribution in [2.75, 3.05) is 39.9 Å². The molecule has 1 N–H and O–H groups in total. The van der Waals surface area contributed by atoms with Crippen molar-refractivity contribution in [2.24, 2.45) is 5.41 Å². The molecule has 4 nitrogen and oxygen atoms in total. The molecule has 1 aromatic carbocycles. The van der Waals surface area contributed by atoms with E-state index in [0.29, 0.717) is 24.7 Å². The number of likely N-dealkylation sites (N-methyl/N-ethyl adjacent to an activating group) is 1. The van der Waals surface area contributed by atoms with Gasteiger partial charge in [0.15, 0.2) is 11.5 Å². The number of ether oxygens (including phenoxy) is 2. The summed E-state index contributed by atoms with van der Waals surface area (Å²) in [6.45, 7) is 9.40. The summed E-state index contributed by atoms with van der Waals surface area (Å²) in [7, 11) is 2.03. The molecule has 21 heavy (non-hydrogen) atoms. The Morgan fingerprint density at radius 2 is 2.00 bits per heavy atom. The van der Waals surface area contributed by atoms with Crippen molar-refractivity contribution in [3.05, 3.63) is 23.8 Å². The third-order valence-electron chi connectivity index (χ3n) is 4.51. The predicted molar refractivity (Wildman–Crippen MR) is 84.1 cm³/mol. The number of rotatable bonds is 4. The van der Waals surface area contributed by atoms with Gasteiger partial charge in [0, 0.05) is 19.1 Å². The number of benzene rings is 1. The van der Waals surface area contributed by atoms with E-state index in [-0.39, 0.29) is 0 Å². The molecule has 1 atom stereocenters. The average molecular weight is 290 g/mol. The third kappa shape index (κ3) is 3.33. The van der Waals surface area contributed by atoms with Gasteiger partial charge in [0.1, 0.15) is 13.2 Å². The summed E-state index contributed by atoms with van der Waals surface area (Å²) in [5.74, 6) is 1.74. The minimum atomic E-state index is 0.328. The molecule has 0 spiro atoms. The van der Waals surface area contributed by atoms with E-state index in [2.05, 4.69) is 36.2 Å². The molecule has 2 aliphatic rings. The van der Waals surface area contributed by atoms with Crippen LogP contribution >= 0.6 is 0 Å². The standard InChI is InChI=1S/C17H26N2O2/c1-17(2)6-7-19(12-17)11-14(18-3)13-4-5-15-16(10-13)21-9-8-20-15/h4-5,10,14,18H,6-9,11-12H2,1-3H3. The SMILES string of the molecule is CNC(CN1CCC(C)(C)C1)c1ccc2c(c1)OCCO2. The predicted octanol–water partition coefficient (Wildman–Crippen LogP) is 2.45. The van der Waals surface area contributed by atoms with E-state index < -0.39 is 0 Å². The van der Waals surface area contributed by atoms with E-state index in [1.165, 1.54) is 25.1 Å². The van der Waals surface area contributed by atoms with Gasteiger partial charge in [0.25, 0.3) is 0 Å². The summed E-state index contributed by atoms with van der Waals surface area (Å²) >= 11 is 0. The number of hydrogen-bond donors (Lipinski definition) is 1. The Bertz CT molecular complexity index is 502. The Kier molecular flexibility index (Phi) is 4.09. The molecule has 1 saturated heterocycles. The average Bonchev–Trinajstić information content (AvgIpc) is 2.83. The van der Waals surface area contributed by atoms with Gasteiger partial charge in [-0.2, -0.15) is 0 Å². The second-order valence-corrected chi connectivity index (χ2v) is 6.89. The van der Waals surface area contributed by atoms with Gasteiger partial charge < -0.3 is 19.7 Å². The van der Waals surface area contributed by atoms with Crippen LogP contribution in [0.15, 0.2) is 18.2 Å². The first-order chi connectivity index (χ1) is 10.1. The van der Waals surface area contributed by atoms with Crippen molar-refractivity contribution < 1.29 is 9.47 Å². The van der Waals surface area contributed by atoms with E-state index in [1.807, 2.05) is 13.1 Å². The lowest BCUT2D eigenvalue weighted by Crippen LogP contribution is -2.33. The first-order valence-electron chi connectivity index (χ1n) is 7.87. The Morgan fingerprint density at radius 1 is 1.24 bits per heavy atom. The van der Waals surface area contributed by atoms with Crippen molar-refractivity contribution >= 4 is 0 Å². The Labute approximate surface area is 127 Å². The summed E-state index contributed by atoms with van der Waals surface area (Å²) in [6.07, 6.45) is 1.28. The Morgan fingerprint density at radius 3 is 2.67 bits per heavy atom. The van der Waals surface area contributed by atoms with Crippen molar-refractivity contribution in [1.29, 1.82) is 0 Å². The molecule has 0 radical (unpaired) electrons. The second-order valence-electron chi connectivity index (χ2n) is 6.89. The lowest BCUT2D eigenvalue weighted by atomic mass is 9.93. The van der Waals surface area contributed by atoms with Crippen LogP contribution in [0.4, 0.5) is 0 Å². The van der Waals surface area contributed by atoms with Gasteiger partial charge in [-0.1, -0.05) is 19.9 Å². The molecule has 1 aromatic rings. The molecule has 4 heteroatoms. The number of hydrogen-bond acceptors (Lipinski definition) is 4. The molecule has 3 rings (SSSR count). The maximum absolute atomic E-state index is 5.70. The van der Waals surface area contributed by atoms with Crippen LogP contribution in [0.2, 0.25) is 0 Å². The third-order valence-corrected chi connectivity index (χ3v) is 4.51. The molecule has 2 aliphatic heterocycles. The van der Waals surface area contributed by atoms with E-state index in [4.69, 9.17) is 9.47 Å². The highest BCUT2D eigenvalue weighted by Crippen LogP contribution is 2.34. The van der Waals surface area contributed by atoms with Crippen LogP contribution in [0.5, 0.6) is 11.5 Å². The largest absolute Gasteiger partial charge is 0.486 e. The van der Waals surface area contributed by atoms with Gasteiger partial charge in [-0.05, 0) is 43.1 Å². The molecular formula is C17H26N2O2. The van der Waals surface area contributed by atoms with Gasteiger partial charge in [-0.3, -0.25) is 0 Å². The van der Waals surface area contributed by atoms with E-state index in [9.17, 15) is 0 Å². The number of nitrogens with one attached hydrogen (secondary N) is 1. The van der Waals surface area contributed by atoms with Gasteiger partial charge in [-0.15, -0.1) is 0 Å². The fourth-order valence-electron chi connectivity index (χ4n) is 3.28. The molecule has 1 fully saturated rings. The van der Waals surface area contributed by atoms with Crippen molar-refractivity contribution in [1.82, 2.24) is 10.2 Å². The maximum atomic E-state index is 5.70. The van der Waals surface area contributed by atoms with E-state index >= 15 is 0 Å². The minimum absolute atomic E-state index is 0.328. The zero-order chi connectivity index (χ0) is 14.9. The molecular weight excluding hydrogens is 264 g/mol. The summed E-state index contributed by atoms with van der Waals surface area (Å²) in [6, 6.07) is 6.63. The van der Waals surface area contributed by atoms with Crippen LogP contribution in [-0.4, -0.2) is 44.8 Å². The molecule has 0 saturated carbocycles. The van der Waals surface area contributed by atoms with Crippen LogP contribution in [0.25, 0.3) is 0 Å². The summed E-state index contributed by atoms with van der Waals surface area (Å²) in [5, 5.41) is 3.44. The molecule has 0 bridgehead atoms. The summed E-state index contributed by atoms with van der Waals surface area (Å²) in [4.78, 5) is 2.55. The van der Waals surface area contributed by atoms with E-state index in [0.717, 1.165) is 18.0 Å². The van der Waals surface area contributed by atoms with Gasteiger partial charge in [0.2, 0.25) is 0 Å². The van der Waals surface area contributed by atoms with Gasteiger partial charge in [0.05, 0.1) is 0 Å². The molecule has 1 unspecified atom stereocenters. The number of nitrogens with zero attached hydrogens (tertiary/aromatic N) is 1. The lowest BCUT2D eigenvalue weighted by molar-refractivity contribution is 0.171. The molecule has 0 amide bonds. The van der Waals surface area contributed by atoms with Gasteiger partial charge in [-0.25, -0.2) is 0 Å². The van der Waals surface area contributed by atoms with Crippen LogP contribution in [0.3, 0.4) is 0 Å². The normalized spacial score (nSPS) is 22.2. The van der Waals surface area contributed by atoms with Crippen molar-refractivity contribution in [3.8, 4) is 11.5 Å². The maximum Gasteiger partial charge on any atom is 0.161 e. The number of fused-ring (bicyclic) bond motifs is 1. The monoisotopic (exact) mass is 290 g/mol. The number of likely N-dealkylation sites (tertiary alicyclic amines) is 1. The highest BCUT2D eigenvalue weighted by molar-refractivity contribution is 5.44. The van der Waals surface area contributed by atoms with Crippen LogP contribution in [-0.2, 0) is 0 Å². The van der Waals surface area contributed by atoms with Crippen molar-refractivity contribution in [3.63, 3.8) is 0 Å². The molecule has 116 valence electrons. The summed E-state index contributed by atoms with van der Waals surface area (Å²) < 4.78 is 11.3. The van der Waals surface area contributed by atoms with E-state index in [1.54, 1.807) is 0 Å². The lowest BCUT2D eigenvalue weighted by Gasteiger charge is -2.26. The zero-order valence-electron chi connectivity index (χ0n) is 13.3. The molecule has 2 heterocycles. The highest BCUT2D eigenvalue weighted by atomic mass is 16.6. The topological polar surface area (TPSA) is 33.7 Å². The highest BCUT2D eigenvalue weighted by Gasteiger charge is 2.30. The molecule has 0 aliphatic carbocycles. The Hall–Kier alpha value is -1.26. The smallest absolute Gasteiger partial charge is 0.161 e. The zero-order valence-corrected chi connectivity index (χ0v) is 13.3.